The van der Waals surface area contributed by atoms with Gasteiger partial charge in [-0.3, -0.25) is 4.98 Å². The third kappa shape index (κ3) is 4.43. The summed E-state index contributed by atoms with van der Waals surface area (Å²) in [4.78, 5) is 4.32. The molecule has 0 saturated heterocycles. The van der Waals surface area contributed by atoms with E-state index in [2.05, 4.69) is 70.4 Å². The molecule has 1 aromatic heterocycles. The zero-order valence-corrected chi connectivity index (χ0v) is 13.7. The lowest BCUT2D eigenvalue weighted by molar-refractivity contribution is 0.527. The summed E-state index contributed by atoms with van der Waals surface area (Å²) in [5, 5.41) is 3.63. The lowest BCUT2D eigenvalue weighted by atomic mass is 9.99. The number of hydrogen-bond acceptors (Lipinski definition) is 2. The highest BCUT2D eigenvalue weighted by Gasteiger charge is 2.12. The molecule has 0 aliphatic heterocycles. The van der Waals surface area contributed by atoms with Crippen LogP contribution >= 0.6 is 15.9 Å². The van der Waals surface area contributed by atoms with Crippen molar-refractivity contribution in [1.29, 1.82) is 0 Å². The van der Waals surface area contributed by atoms with E-state index < -0.39 is 0 Å². The van der Waals surface area contributed by atoms with Crippen LogP contribution in [0.2, 0.25) is 0 Å². The van der Waals surface area contributed by atoms with Gasteiger partial charge in [-0.05, 0) is 55.1 Å². The van der Waals surface area contributed by atoms with Crippen LogP contribution in [0.15, 0.2) is 47.2 Å². The van der Waals surface area contributed by atoms with Gasteiger partial charge in [0.05, 0.1) is 0 Å². The molecule has 20 heavy (non-hydrogen) atoms. The molecule has 0 bridgehead atoms. The van der Waals surface area contributed by atoms with Gasteiger partial charge in [0.25, 0.3) is 0 Å². The first-order chi connectivity index (χ1) is 9.69. The van der Waals surface area contributed by atoms with Crippen molar-refractivity contribution in [3.63, 3.8) is 0 Å². The Morgan fingerprint density at radius 2 is 2.10 bits per heavy atom. The second-order valence-electron chi connectivity index (χ2n) is 5.14. The molecule has 2 rings (SSSR count). The van der Waals surface area contributed by atoms with E-state index in [0.717, 1.165) is 23.9 Å². The average molecular weight is 333 g/mol. The summed E-state index contributed by atoms with van der Waals surface area (Å²) in [5.41, 5.74) is 3.80. The third-order valence-corrected chi connectivity index (χ3v) is 3.76. The van der Waals surface area contributed by atoms with Crippen LogP contribution < -0.4 is 5.32 Å². The Balaban J connectivity index is 2.19. The first kappa shape index (κ1) is 15.2. The van der Waals surface area contributed by atoms with E-state index in [9.17, 15) is 0 Å². The fourth-order valence-corrected chi connectivity index (χ4v) is 2.74. The standard InChI is InChI=1S/C17H21BrN2/c1-3-7-20-17(15-8-13(2)11-19-12-15)10-14-5-4-6-16(18)9-14/h4-6,8-9,11-12,17,20H,3,7,10H2,1-2H3. The van der Waals surface area contributed by atoms with E-state index in [4.69, 9.17) is 0 Å². The van der Waals surface area contributed by atoms with Crippen molar-refractivity contribution in [1.82, 2.24) is 10.3 Å². The number of halogens is 1. The minimum absolute atomic E-state index is 0.316. The lowest BCUT2D eigenvalue weighted by Gasteiger charge is -2.19. The van der Waals surface area contributed by atoms with Gasteiger partial charge in [-0.1, -0.05) is 41.1 Å². The molecular formula is C17H21BrN2. The van der Waals surface area contributed by atoms with Gasteiger partial charge in [0.1, 0.15) is 0 Å². The molecule has 1 atom stereocenters. The van der Waals surface area contributed by atoms with E-state index in [-0.39, 0.29) is 0 Å². The number of hydrogen-bond donors (Lipinski definition) is 1. The van der Waals surface area contributed by atoms with E-state index >= 15 is 0 Å². The summed E-state index contributed by atoms with van der Waals surface area (Å²) in [7, 11) is 0. The number of pyridine rings is 1. The van der Waals surface area contributed by atoms with Crippen LogP contribution in [-0.2, 0) is 6.42 Å². The Hall–Kier alpha value is -1.19. The SMILES string of the molecule is CCCNC(Cc1cccc(Br)c1)c1cncc(C)c1. The first-order valence-electron chi connectivity index (χ1n) is 7.08. The fourth-order valence-electron chi connectivity index (χ4n) is 2.29. The van der Waals surface area contributed by atoms with Gasteiger partial charge in [0, 0.05) is 22.9 Å². The Kier molecular flexibility index (Phi) is 5.74. The Labute approximate surface area is 129 Å². The van der Waals surface area contributed by atoms with E-state index in [1.165, 1.54) is 16.7 Å². The molecule has 1 heterocycles. The van der Waals surface area contributed by atoms with Crippen LogP contribution in [0, 0.1) is 6.92 Å². The van der Waals surface area contributed by atoms with Gasteiger partial charge in [-0.25, -0.2) is 0 Å². The van der Waals surface area contributed by atoms with Crippen LogP contribution in [0.25, 0.3) is 0 Å². The van der Waals surface area contributed by atoms with Gasteiger partial charge < -0.3 is 5.32 Å². The monoisotopic (exact) mass is 332 g/mol. The Bertz CT molecular complexity index is 554. The maximum absolute atomic E-state index is 4.32. The maximum Gasteiger partial charge on any atom is 0.0376 e. The number of nitrogens with one attached hydrogen (secondary N) is 1. The van der Waals surface area contributed by atoms with Gasteiger partial charge in [0.2, 0.25) is 0 Å². The summed E-state index contributed by atoms with van der Waals surface area (Å²) >= 11 is 3.54. The quantitative estimate of drug-likeness (QED) is 0.846. The summed E-state index contributed by atoms with van der Waals surface area (Å²) < 4.78 is 1.13. The second kappa shape index (κ2) is 7.55. The Morgan fingerprint density at radius 3 is 2.80 bits per heavy atom. The molecule has 0 radical (unpaired) electrons. The largest absolute Gasteiger partial charge is 0.310 e. The van der Waals surface area contributed by atoms with Crippen LogP contribution in [0.4, 0.5) is 0 Å². The second-order valence-corrected chi connectivity index (χ2v) is 6.05. The van der Waals surface area contributed by atoms with Crippen molar-refractivity contribution in [2.24, 2.45) is 0 Å². The normalized spacial score (nSPS) is 12.3. The Morgan fingerprint density at radius 1 is 1.25 bits per heavy atom. The molecule has 0 aliphatic rings. The van der Waals surface area contributed by atoms with Crippen molar-refractivity contribution in [3.05, 3.63) is 63.9 Å². The molecule has 0 fully saturated rings. The van der Waals surface area contributed by atoms with E-state index in [1.54, 1.807) is 0 Å². The predicted octanol–water partition coefficient (Wildman–Crippen LogP) is 4.44. The number of nitrogens with zero attached hydrogens (tertiary/aromatic N) is 1. The molecule has 0 saturated carbocycles. The number of benzene rings is 1. The van der Waals surface area contributed by atoms with E-state index in [1.807, 2.05) is 12.4 Å². The maximum atomic E-state index is 4.32. The zero-order valence-electron chi connectivity index (χ0n) is 12.1. The molecule has 2 nitrogen and oxygen atoms in total. The zero-order chi connectivity index (χ0) is 14.4. The highest BCUT2D eigenvalue weighted by Crippen LogP contribution is 2.21. The molecule has 0 aliphatic carbocycles. The van der Waals surface area contributed by atoms with Crippen LogP contribution in [-0.4, -0.2) is 11.5 Å². The first-order valence-corrected chi connectivity index (χ1v) is 7.87. The molecule has 3 heteroatoms. The summed E-state index contributed by atoms with van der Waals surface area (Å²) in [6.45, 7) is 5.30. The minimum atomic E-state index is 0.316. The van der Waals surface area contributed by atoms with Crippen LogP contribution in [0.1, 0.15) is 36.1 Å². The van der Waals surface area contributed by atoms with Crippen molar-refractivity contribution < 1.29 is 0 Å². The molecule has 1 aromatic carbocycles. The molecule has 106 valence electrons. The van der Waals surface area contributed by atoms with Gasteiger partial charge in [-0.15, -0.1) is 0 Å². The number of rotatable bonds is 6. The third-order valence-electron chi connectivity index (χ3n) is 3.27. The molecular weight excluding hydrogens is 312 g/mol. The van der Waals surface area contributed by atoms with Crippen molar-refractivity contribution in [2.75, 3.05) is 6.54 Å². The van der Waals surface area contributed by atoms with Gasteiger partial charge in [-0.2, -0.15) is 0 Å². The van der Waals surface area contributed by atoms with Crippen LogP contribution in [0.3, 0.4) is 0 Å². The van der Waals surface area contributed by atoms with Crippen LogP contribution in [0.5, 0.6) is 0 Å². The van der Waals surface area contributed by atoms with Crippen molar-refractivity contribution in [2.45, 2.75) is 32.7 Å². The summed E-state index contributed by atoms with van der Waals surface area (Å²) in [6.07, 6.45) is 5.98. The van der Waals surface area contributed by atoms with Gasteiger partial charge in [0.15, 0.2) is 0 Å². The molecule has 2 aromatic rings. The highest BCUT2D eigenvalue weighted by atomic mass is 79.9. The summed E-state index contributed by atoms with van der Waals surface area (Å²) in [6, 6.07) is 11.0. The number of aryl methyl sites for hydroxylation is 1. The molecule has 0 spiro atoms. The minimum Gasteiger partial charge on any atom is -0.310 e. The predicted molar refractivity (Wildman–Crippen MR) is 87.9 cm³/mol. The highest BCUT2D eigenvalue weighted by molar-refractivity contribution is 9.10. The van der Waals surface area contributed by atoms with Crippen molar-refractivity contribution >= 4 is 15.9 Å². The average Bonchev–Trinajstić information content (AvgIpc) is 2.43. The fraction of sp³-hybridized carbons (Fsp3) is 0.353. The molecule has 1 N–H and O–H groups in total. The molecule has 1 unspecified atom stereocenters. The molecule has 0 amide bonds. The van der Waals surface area contributed by atoms with E-state index in [0.29, 0.717) is 6.04 Å². The lowest BCUT2D eigenvalue weighted by Crippen LogP contribution is -2.24. The summed E-state index contributed by atoms with van der Waals surface area (Å²) in [5.74, 6) is 0. The topological polar surface area (TPSA) is 24.9 Å². The number of aromatic nitrogens is 1. The smallest absolute Gasteiger partial charge is 0.0376 e. The van der Waals surface area contributed by atoms with Crippen molar-refractivity contribution in [3.8, 4) is 0 Å². The van der Waals surface area contributed by atoms with Gasteiger partial charge >= 0.3 is 0 Å².